The SMILES string of the molecule is CCC(C)(C)N(C1CC(=O)N(c2ccc(Cl)cc2)C1=O)S(=O)(=O)c1ccc(Cl)cc1. The van der Waals surface area contributed by atoms with Crippen LogP contribution in [0.15, 0.2) is 53.4 Å². The van der Waals surface area contributed by atoms with Gasteiger partial charge in [-0.15, -0.1) is 0 Å². The Kier molecular flexibility index (Phi) is 6.30. The molecule has 0 saturated carbocycles. The molecule has 1 aliphatic rings. The van der Waals surface area contributed by atoms with Gasteiger partial charge in [-0.2, -0.15) is 4.31 Å². The number of halogens is 2. The maximum atomic E-state index is 13.6. The highest BCUT2D eigenvalue weighted by Gasteiger charge is 2.51. The number of imide groups is 1. The summed E-state index contributed by atoms with van der Waals surface area (Å²) in [7, 11) is -4.09. The maximum absolute atomic E-state index is 13.6. The van der Waals surface area contributed by atoms with E-state index in [9.17, 15) is 18.0 Å². The third-order valence-corrected chi connectivity index (χ3v) is 7.96. The van der Waals surface area contributed by atoms with Crippen molar-refractivity contribution in [2.45, 2.75) is 50.1 Å². The predicted octanol–water partition coefficient (Wildman–Crippen LogP) is 4.50. The number of sulfonamides is 1. The van der Waals surface area contributed by atoms with Gasteiger partial charge in [-0.3, -0.25) is 9.59 Å². The molecule has 0 aromatic heterocycles. The molecule has 1 aliphatic heterocycles. The van der Waals surface area contributed by atoms with Gasteiger partial charge >= 0.3 is 0 Å². The normalized spacial score (nSPS) is 17.8. The number of amides is 2. The van der Waals surface area contributed by atoms with E-state index < -0.39 is 33.4 Å². The Morgan fingerprint density at radius 3 is 2.00 bits per heavy atom. The van der Waals surface area contributed by atoms with Crippen LogP contribution >= 0.6 is 23.2 Å². The van der Waals surface area contributed by atoms with Crippen LogP contribution in [0.1, 0.15) is 33.6 Å². The van der Waals surface area contributed by atoms with Crippen LogP contribution in [0.5, 0.6) is 0 Å². The quantitative estimate of drug-likeness (QED) is 0.584. The van der Waals surface area contributed by atoms with Crippen molar-refractivity contribution in [3.8, 4) is 0 Å². The van der Waals surface area contributed by atoms with Crippen LogP contribution < -0.4 is 4.90 Å². The van der Waals surface area contributed by atoms with Crippen molar-refractivity contribution in [1.29, 1.82) is 0 Å². The number of carbonyl (C=O) groups is 2. The second kappa shape index (κ2) is 8.30. The van der Waals surface area contributed by atoms with E-state index in [4.69, 9.17) is 23.2 Å². The lowest BCUT2D eigenvalue weighted by Gasteiger charge is -2.39. The van der Waals surface area contributed by atoms with E-state index in [0.717, 1.165) is 4.90 Å². The molecule has 2 aromatic rings. The largest absolute Gasteiger partial charge is 0.274 e. The van der Waals surface area contributed by atoms with Crippen LogP contribution in [0.3, 0.4) is 0 Å². The molecular formula is C21H22Cl2N2O4S. The van der Waals surface area contributed by atoms with Gasteiger partial charge < -0.3 is 0 Å². The zero-order chi connectivity index (χ0) is 22.3. The molecule has 0 radical (unpaired) electrons. The molecule has 9 heteroatoms. The molecule has 6 nitrogen and oxygen atoms in total. The fourth-order valence-corrected chi connectivity index (χ4v) is 5.69. The molecule has 1 unspecified atom stereocenters. The van der Waals surface area contributed by atoms with Gasteiger partial charge in [0.1, 0.15) is 6.04 Å². The Morgan fingerprint density at radius 1 is 1.00 bits per heavy atom. The van der Waals surface area contributed by atoms with Crippen LogP contribution in [0.25, 0.3) is 0 Å². The molecular weight excluding hydrogens is 447 g/mol. The van der Waals surface area contributed by atoms with Crippen LogP contribution in [0.2, 0.25) is 10.0 Å². The van der Waals surface area contributed by atoms with Gasteiger partial charge in [-0.05, 0) is 68.8 Å². The van der Waals surface area contributed by atoms with Gasteiger partial charge in [0.15, 0.2) is 0 Å². The molecule has 3 rings (SSSR count). The first-order chi connectivity index (χ1) is 14.0. The summed E-state index contributed by atoms with van der Waals surface area (Å²) in [5.41, 5.74) is -0.551. The number of carbonyl (C=O) groups excluding carboxylic acids is 2. The van der Waals surface area contributed by atoms with Gasteiger partial charge in [-0.25, -0.2) is 13.3 Å². The number of nitrogens with zero attached hydrogens (tertiary/aromatic N) is 2. The highest BCUT2D eigenvalue weighted by molar-refractivity contribution is 7.89. The standard InChI is InChI=1S/C21H22Cl2N2O4S/c1-4-21(2,3)25(30(28,29)17-11-7-15(23)8-12-17)18-13-19(26)24(20(18)27)16-9-5-14(22)6-10-16/h5-12,18H,4,13H2,1-3H3. The molecule has 0 spiro atoms. The third-order valence-electron chi connectivity index (χ3n) is 5.32. The Hall–Kier alpha value is -1.93. The molecule has 1 saturated heterocycles. The van der Waals surface area contributed by atoms with Crippen LogP contribution in [0, 0.1) is 0 Å². The smallest absolute Gasteiger partial charge is 0.252 e. The highest BCUT2D eigenvalue weighted by Crippen LogP contribution is 2.36. The first-order valence-electron chi connectivity index (χ1n) is 9.41. The average molecular weight is 469 g/mol. The van der Waals surface area contributed by atoms with E-state index in [0.29, 0.717) is 22.2 Å². The zero-order valence-electron chi connectivity index (χ0n) is 16.8. The summed E-state index contributed by atoms with van der Waals surface area (Å²) in [5, 5.41) is 0.865. The van der Waals surface area contributed by atoms with E-state index in [-0.39, 0.29) is 11.3 Å². The highest BCUT2D eigenvalue weighted by atomic mass is 35.5. The van der Waals surface area contributed by atoms with E-state index in [1.807, 2.05) is 6.92 Å². The lowest BCUT2D eigenvalue weighted by Crippen LogP contribution is -2.55. The summed E-state index contributed by atoms with van der Waals surface area (Å²) in [5.74, 6) is -1.04. The molecule has 2 amide bonds. The minimum Gasteiger partial charge on any atom is -0.274 e. The zero-order valence-corrected chi connectivity index (χ0v) is 19.1. The molecule has 0 N–H and O–H groups in total. The molecule has 0 aliphatic carbocycles. The molecule has 1 heterocycles. The molecule has 2 aromatic carbocycles. The second-order valence-electron chi connectivity index (χ2n) is 7.68. The third kappa shape index (κ3) is 4.12. The molecule has 0 bridgehead atoms. The van der Waals surface area contributed by atoms with Gasteiger partial charge in [0.05, 0.1) is 17.0 Å². The number of hydrogen-bond donors (Lipinski definition) is 0. The fourth-order valence-electron chi connectivity index (χ4n) is 3.45. The van der Waals surface area contributed by atoms with E-state index in [1.165, 1.54) is 28.6 Å². The lowest BCUT2D eigenvalue weighted by atomic mass is 10.00. The Balaban J connectivity index is 2.07. The van der Waals surface area contributed by atoms with Gasteiger partial charge in [0.2, 0.25) is 15.9 Å². The first kappa shape index (κ1) is 22.7. The van der Waals surface area contributed by atoms with Gasteiger partial charge in [-0.1, -0.05) is 30.1 Å². The molecule has 1 fully saturated rings. The Labute approximate surface area is 186 Å². The topological polar surface area (TPSA) is 74.8 Å². The molecule has 30 heavy (non-hydrogen) atoms. The minimum absolute atomic E-state index is 0.0126. The van der Waals surface area contributed by atoms with Crippen molar-refractivity contribution in [2.24, 2.45) is 0 Å². The predicted molar refractivity (Wildman–Crippen MR) is 117 cm³/mol. The van der Waals surface area contributed by atoms with Crippen molar-refractivity contribution in [3.63, 3.8) is 0 Å². The molecule has 1 atom stereocenters. The first-order valence-corrected chi connectivity index (χ1v) is 11.6. The van der Waals surface area contributed by atoms with Crippen molar-refractivity contribution in [2.75, 3.05) is 4.90 Å². The van der Waals surface area contributed by atoms with E-state index >= 15 is 0 Å². The summed E-state index contributed by atoms with van der Waals surface area (Å²) >= 11 is 11.8. The van der Waals surface area contributed by atoms with Crippen molar-refractivity contribution >= 4 is 50.7 Å². The summed E-state index contributed by atoms with van der Waals surface area (Å²) in [4.78, 5) is 27.1. The van der Waals surface area contributed by atoms with Gasteiger partial charge in [0, 0.05) is 15.6 Å². The molecule has 160 valence electrons. The van der Waals surface area contributed by atoms with Crippen LogP contribution in [-0.2, 0) is 19.6 Å². The lowest BCUT2D eigenvalue weighted by molar-refractivity contribution is -0.122. The van der Waals surface area contributed by atoms with Crippen LogP contribution in [-0.4, -0.2) is 36.1 Å². The van der Waals surface area contributed by atoms with Crippen molar-refractivity contribution in [1.82, 2.24) is 4.31 Å². The van der Waals surface area contributed by atoms with Crippen molar-refractivity contribution < 1.29 is 18.0 Å². The Morgan fingerprint density at radius 2 is 1.50 bits per heavy atom. The summed E-state index contributed by atoms with van der Waals surface area (Å²) in [6.07, 6.45) is 0.205. The summed E-state index contributed by atoms with van der Waals surface area (Å²) < 4.78 is 28.3. The second-order valence-corrected chi connectivity index (χ2v) is 10.4. The minimum atomic E-state index is -4.09. The number of hydrogen-bond acceptors (Lipinski definition) is 4. The van der Waals surface area contributed by atoms with Crippen LogP contribution in [0.4, 0.5) is 5.69 Å². The fraction of sp³-hybridized carbons (Fsp3) is 0.333. The number of benzene rings is 2. The van der Waals surface area contributed by atoms with E-state index in [1.54, 1.807) is 38.1 Å². The summed E-state index contributed by atoms with van der Waals surface area (Å²) in [6.45, 7) is 5.31. The van der Waals surface area contributed by atoms with E-state index in [2.05, 4.69) is 0 Å². The maximum Gasteiger partial charge on any atom is 0.252 e. The van der Waals surface area contributed by atoms with Gasteiger partial charge in [0.25, 0.3) is 5.91 Å². The monoisotopic (exact) mass is 468 g/mol. The van der Waals surface area contributed by atoms with Crippen molar-refractivity contribution in [3.05, 3.63) is 58.6 Å². The number of anilines is 1. The Bertz CT molecular complexity index is 1070. The number of rotatable bonds is 6. The average Bonchev–Trinajstić information content (AvgIpc) is 2.96. The summed E-state index contributed by atoms with van der Waals surface area (Å²) in [6, 6.07) is 10.9.